The Labute approximate surface area is 94.3 Å². The largest absolute Gasteiger partial charge is 0.350 e. The maximum absolute atomic E-state index is 11.7. The summed E-state index contributed by atoms with van der Waals surface area (Å²) in [6, 6.07) is 1.91. The van der Waals surface area contributed by atoms with Crippen LogP contribution < -0.4 is 11.1 Å². The van der Waals surface area contributed by atoms with Crippen molar-refractivity contribution < 1.29 is 4.79 Å². The average Bonchev–Trinajstić information content (AvgIpc) is 2.84. The van der Waals surface area contributed by atoms with Crippen molar-refractivity contribution >= 4 is 5.91 Å². The molecular weight excluding hydrogens is 204 g/mol. The molecule has 16 heavy (non-hydrogen) atoms. The first kappa shape index (κ1) is 10.9. The topological polar surface area (TPSA) is 72.9 Å². The summed E-state index contributed by atoms with van der Waals surface area (Å²) in [4.78, 5) is 11.7. The molecule has 0 bridgehead atoms. The standard InChI is InChI=1S/C11H16N4O/c1-15-10(4-5-14-15)7-13-11(16)8-2-3-9(12)6-8/h2-5,8-9H,6-7,12H2,1H3,(H,13,16). The van der Waals surface area contributed by atoms with Crippen LogP contribution in [0.2, 0.25) is 0 Å². The molecule has 0 aliphatic heterocycles. The van der Waals surface area contributed by atoms with E-state index in [0.717, 1.165) is 5.69 Å². The van der Waals surface area contributed by atoms with Crippen LogP contribution in [0.4, 0.5) is 0 Å². The summed E-state index contributed by atoms with van der Waals surface area (Å²) in [5.41, 5.74) is 6.68. The highest BCUT2D eigenvalue weighted by molar-refractivity contribution is 5.81. The van der Waals surface area contributed by atoms with Crippen LogP contribution in [0.5, 0.6) is 0 Å². The molecule has 0 saturated heterocycles. The minimum atomic E-state index is -0.0803. The Morgan fingerprint density at radius 2 is 2.50 bits per heavy atom. The van der Waals surface area contributed by atoms with Gasteiger partial charge < -0.3 is 11.1 Å². The molecule has 1 aliphatic carbocycles. The molecular formula is C11H16N4O. The summed E-state index contributed by atoms with van der Waals surface area (Å²) >= 11 is 0. The first-order valence-corrected chi connectivity index (χ1v) is 5.35. The van der Waals surface area contributed by atoms with Gasteiger partial charge in [0.1, 0.15) is 0 Å². The maximum Gasteiger partial charge on any atom is 0.227 e. The quantitative estimate of drug-likeness (QED) is 0.701. The number of aromatic nitrogens is 2. The van der Waals surface area contributed by atoms with Gasteiger partial charge >= 0.3 is 0 Å². The van der Waals surface area contributed by atoms with E-state index in [-0.39, 0.29) is 17.9 Å². The van der Waals surface area contributed by atoms with Gasteiger partial charge in [-0.05, 0) is 12.5 Å². The molecule has 1 amide bonds. The number of nitrogens with one attached hydrogen (secondary N) is 1. The van der Waals surface area contributed by atoms with Crippen molar-refractivity contribution in [2.24, 2.45) is 18.7 Å². The van der Waals surface area contributed by atoms with E-state index in [1.165, 1.54) is 0 Å². The zero-order chi connectivity index (χ0) is 11.5. The Bertz CT molecular complexity index is 410. The molecule has 1 aromatic heterocycles. The molecule has 2 atom stereocenters. The third-order valence-corrected chi connectivity index (χ3v) is 2.82. The van der Waals surface area contributed by atoms with Gasteiger partial charge in [-0.2, -0.15) is 5.10 Å². The molecule has 5 nitrogen and oxygen atoms in total. The van der Waals surface area contributed by atoms with Gasteiger partial charge in [0.2, 0.25) is 5.91 Å². The molecule has 1 heterocycles. The van der Waals surface area contributed by atoms with Crippen LogP contribution in [-0.4, -0.2) is 21.7 Å². The van der Waals surface area contributed by atoms with Gasteiger partial charge in [0.15, 0.2) is 0 Å². The first-order chi connectivity index (χ1) is 7.66. The van der Waals surface area contributed by atoms with Crippen molar-refractivity contribution in [1.82, 2.24) is 15.1 Å². The van der Waals surface area contributed by atoms with Crippen molar-refractivity contribution in [1.29, 1.82) is 0 Å². The first-order valence-electron chi connectivity index (χ1n) is 5.35. The van der Waals surface area contributed by atoms with Gasteiger partial charge in [-0.3, -0.25) is 9.48 Å². The SMILES string of the molecule is Cn1nccc1CNC(=O)C1C=CC(N)C1. The van der Waals surface area contributed by atoms with Gasteiger partial charge in [0.05, 0.1) is 18.2 Å². The van der Waals surface area contributed by atoms with E-state index in [1.54, 1.807) is 10.9 Å². The van der Waals surface area contributed by atoms with Gasteiger partial charge in [0.25, 0.3) is 0 Å². The van der Waals surface area contributed by atoms with E-state index in [2.05, 4.69) is 10.4 Å². The smallest absolute Gasteiger partial charge is 0.227 e. The molecule has 0 fully saturated rings. The fourth-order valence-electron chi connectivity index (χ4n) is 1.81. The fraction of sp³-hybridized carbons (Fsp3) is 0.455. The van der Waals surface area contributed by atoms with E-state index in [9.17, 15) is 4.79 Å². The van der Waals surface area contributed by atoms with Crippen LogP contribution in [0.25, 0.3) is 0 Å². The Morgan fingerprint density at radius 1 is 1.69 bits per heavy atom. The van der Waals surface area contributed by atoms with Gasteiger partial charge in [-0.1, -0.05) is 12.2 Å². The van der Waals surface area contributed by atoms with Gasteiger partial charge in [0, 0.05) is 19.3 Å². The Morgan fingerprint density at radius 3 is 3.06 bits per heavy atom. The fourth-order valence-corrected chi connectivity index (χ4v) is 1.81. The lowest BCUT2D eigenvalue weighted by atomic mass is 10.1. The third-order valence-electron chi connectivity index (χ3n) is 2.82. The number of carbonyl (C=O) groups excluding carboxylic acids is 1. The molecule has 0 aromatic carbocycles. The van der Waals surface area contributed by atoms with E-state index in [0.29, 0.717) is 13.0 Å². The second-order valence-electron chi connectivity index (χ2n) is 4.05. The van der Waals surface area contributed by atoms with Crippen molar-refractivity contribution in [2.45, 2.75) is 19.0 Å². The zero-order valence-electron chi connectivity index (χ0n) is 9.26. The average molecular weight is 220 g/mol. The molecule has 1 aromatic rings. The molecule has 5 heteroatoms. The molecule has 0 saturated carbocycles. The van der Waals surface area contributed by atoms with Crippen molar-refractivity contribution in [2.75, 3.05) is 0 Å². The number of hydrogen-bond acceptors (Lipinski definition) is 3. The summed E-state index contributed by atoms with van der Waals surface area (Å²) in [5.74, 6) is -0.0476. The van der Waals surface area contributed by atoms with E-state index < -0.39 is 0 Å². The molecule has 86 valence electrons. The number of nitrogens with zero attached hydrogens (tertiary/aromatic N) is 2. The maximum atomic E-state index is 11.7. The Hall–Kier alpha value is -1.62. The van der Waals surface area contributed by atoms with Crippen LogP contribution in [0.3, 0.4) is 0 Å². The number of rotatable bonds is 3. The highest BCUT2D eigenvalue weighted by Gasteiger charge is 2.22. The summed E-state index contributed by atoms with van der Waals surface area (Å²) in [6.07, 6.45) is 6.18. The van der Waals surface area contributed by atoms with Crippen LogP contribution in [0.1, 0.15) is 12.1 Å². The van der Waals surface area contributed by atoms with Gasteiger partial charge in [-0.15, -0.1) is 0 Å². The van der Waals surface area contributed by atoms with Crippen LogP contribution in [0.15, 0.2) is 24.4 Å². The van der Waals surface area contributed by atoms with E-state index in [4.69, 9.17) is 5.73 Å². The second kappa shape index (κ2) is 4.49. The second-order valence-corrected chi connectivity index (χ2v) is 4.05. The Kier molecular flexibility index (Phi) is 3.05. The molecule has 0 radical (unpaired) electrons. The van der Waals surface area contributed by atoms with Crippen molar-refractivity contribution in [3.8, 4) is 0 Å². The predicted octanol–water partition coefficient (Wildman–Crippen LogP) is -0.0603. The van der Waals surface area contributed by atoms with Gasteiger partial charge in [-0.25, -0.2) is 0 Å². The van der Waals surface area contributed by atoms with Crippen molar-refractivity contribution in [3.63, 3.8) is 0 Å². The highest BCUT2D eigenvalue weighted by Crippen LogP contribution is 2.16. The molecule has 2 rings (SSSR count). The molecule has 3 N–H and O–H groups in total. The lowest BCUT2D eigenvalue weighted by Crippen LogP contribution is -2.30. The number of amides is 1. The third kappa shape index (κ3) is 2.30. The van der Waals surface area contributed by atoms with Crippen LogP contribution in [0, 0.1) is 5.92 Å². The summed E-state index contributed by atoms with van der Waals surface area (Å²) < 4.78 is 1.75. The number of nitrogens with two attached hydrogens (primary N) is 1. The highest BCUT2D eigenvalue weighted by atomic mass is 16.1. The van der Waals surface area contributed by atoms with E-state index in [1.807, 2.05) is 25.3 Å². The van der Waals surface area contributed by atoms with Crippen LogP contribution in [-0.2, 0) is 18.4 Å². The number of aryl methyl sites for hydroxylation is 1. The normalized spacial score (nSPS) is 23.6. The Balaban J connectivity index is 1.85. The molecule has 0 spiro atoms. The van der Waals surface area contributed by atoms with E-state index >= 15 is 0 Å². The lowest BCUT2D eigenvalue weighted by Gasteiger charge is -2.10. The number of carbonyl (C=O) groups is 1. The van der Waals surface area contributed by atoms with Crippen molar-refractivity contribution in [3.05, 3.63) is 30.1 Å². The minimum absolute atomic E-state index is 0.0208. The monoisotopic (exact) mass is 220 g/mol. The van der Waals surface area contributed by atoms with Crippen LogP contribution >= 0.6 is 0 Å². The molecule has 2 unspecified atom stereocenters. The zero-order valence-corrected chi connectivity index (χ0v) is 9.26. The summed E-state index contributed by atoms with van der Waals surface area (Å²) in [6.45, 7) is 0.509. The number of hydrogen-bond donors (Lipinski definition) is 2. The lowest BCUT2D eigenvalue weighted by molar-refractivity contribution is -0.123. The predicted molar refractivity (Wildman–Crippen MR) is 60.3 cm³/mol. The summed E-state index contributed by atoms with van der Waals surface area (Å²) in [7, 11) is 1.85. The molecule has 1 aliphatic rings. The summed E-state index contributed by atoms with van der Waals surface area (Å²) in [5, 5.41) is 6.92. The minimum Gasteiger partial charge on any atom is -0.350 e.